The van der Waals surface area contributed by atoms with Crippen LogP contribution in [0.15, 0.2) is 80.8 Å². The third-order valence-corrected chi connectivity index (χ3v) is 8.13. The van der Waals surface area contributed by atoms with E-state index in [4.69, 9.17) is 9.47 Å². The Labute approximate surface area is 240 Å². The molecular weight excluding hydrogens is 636 g/mol. The monoisotopic (exact) mass is 656 g/mol. The summed E-state index contributed by atoms with van der Waals surface area (Å²) in [6.07, 6.45) is -0.137. The minimum atomic E-state index is -1.54. The first-order chi connectivity index (χ1) is 18.5. The maximum absolute atomic E-state index is 12.7. The van der Waals surface area contributed by atoms with E-state index in [-0.39, 0.29) is 11.1 Å². The highest BCUT2D eigenvalue weighted by atomic mass is 79.9. The van der Waals surface area contributed by atoms with E-state index in [1.165, 1.54) is 31.4 Å². The summed E-state index contributed by atoms with van der Waals surface area (Å²) < 4.78 is 11.2. The van der Waals surface area contributed by atoms with E-state index in [9.17, 15) is 30.0 Å². The van der Waals surface area contributed by atoms with E-state index in [0.29, 0.717) is 22.3 Å². The zero-order chi connectivity index (χ0) is 28.2. The number of benzene rings is 3. The summed E-state index contributed by atoms with van der Waals surface area (Å²) in [5.74, 6) is -2.92. The summed E-state index contributed by atoms with van der Waals surface area (Å²) >= 11 is 7.09. The number of rotatable bonds is 4. The second-order valence-corrected chi connectivity index (χ2v) is 11.0. The first-order valence-corrected chi connectivity index (χ1v) is 13.3. The van der Waals surface area contributed by atoms with Crippen LogP contribution in [-0.2, 0) is 19.7 Å². The number of carbonyl (C=O) groups is 2. The average Bonchev–Trinajstić information content (AvgIpc) is 3.19. The third kappa shape index (κ3) is 4.10. The predicted molar refractivity (Wildman–Crippen MR) is 148 cm³/mol. The summed E-state index contributed by atoms with van der Waals surface area (Å²) in [6.45, 7) is 0. The molecule has 2 unspecified atom stereocenters. The van der Waals surface area contributed by atoms with Crippen molar-refractivity contribution in [2.75, 3.05) is 14.2 Å². The number of aromatic hydroxyl groups is 2. The van der Waals surface area contributed by atoms with E-state index < -0.39 is 41.1 Å². The Hall–Kier alpha value is -3.44. The second kappa shape index (κ2) is 9.95. The van der Waals surface area contributed by atoms with Gasteiger partial charge in [-0.1, -0.05) is 44.0 Å². The van der Waals surface area contributed by atoms with Crippen LogP contribution in [0.4, 0.5) is 0 Å². The Morgan fingerprint density at radius 2 is 1.41 bits per heavy atom. The van der Waals surface area contributed by atoms with Crippen molar-refractivity contribution in [1.82, 2.24) is 0 Å². The Morgan fingerprint density at radius 1 is 0.846 bits per heavy atom. The molecular formula is C29H22Br2O8. The number of methoxy groups -OCH3 is 2. The SMILES string of the molecule is COC(=O)C1=CC(C2(c3cc(O)c(O)c(C(=O)OC)c3)c3cc(Br)ccc3-c3ccc(Br)cc32)=CC(O)C1O. The maximum Gasteiger partial charge on any atom is 0.341 e. The zero-order valence-electron chi connectivity index (χ0n) is 20.6. The Kier molecular flexibility index (Phi) is 6.92. The number of phenols is 2. The quantitative estimate of drug-likeness (QED) is 0.238. The van der Waals surface area contributed by atoms with Crippen molar-refractivity contribution in [3.05, 3.63) is 103 Å². The fraction of sp³-hybridized carbons (Fsp3) is 0.172. The summed E-state index contributed by atoms with van der Waals surface area (Å²) in [7, 11) is 2.33. The molecule has 0 saturated heterocycles. The molecule has 0 fully saturated rings. The van der Waals surface area contributed by atoms with Crippen molar-refractivity contribution in [3.63, 3.8) is 0 Å². The fourth-order valence-corrected chi connectivity index (χ4v) is 6.17. The van der Waals surface area contributed by atoms with Crippen LogP contribution < -0.4 is 0 Å². The van der Waals surface area contributed by atoms with Gasteiger partial charge in [-0.05, 0) is 81.9 Å². The molecule has 0 spiro atoms. The van der Waals surface area contributed by atoms with Crippen LogP contribution in [0.1, 0.15) is 27.0 Å². The number of esters is 2. The summed E-state index contributed by atoms with van der Waals surface area (Å²) in [4.78, 5) is 25.3. The van der Waals surface area contributed by atoms with Crippen molar-refractivity contribution < 1.29 is 39.5 Å². The Morgan fingerprint density at radius 3 is 1.95 bits per heavy atom. The van der Waals surface area contributed by atoms with E-state index in [1.807, 2.05) is 36.4 Å². The van der Waals surface area contributed by atoms with Gasteiger partial charge in [-0.2, -0.15) is 0 Å². The molecule has 0 heterocycles. The van der Waals surface area contributed by atoms with E-state index in [1.54, 1.807) is 0 Å². The van der Waals surface area contributed by atoms with E-state index >= 15 is 0 Å². The van der Waals surface area contributed by atoms with Gasteiger partial charge >= 0.3 is 11.9 Å². The van der Waals surface area contributed by atoms with Crippen molar-refractivity contribution >= 4 is 43.8 Å². The maximum atomic E-state index is 12.7. The van der Waals surface area contributed by atoms with Crippen LogP contribution in [0.2, 0.25) is 0 Å². The Bertz CT molecular complexity index is 1560. The normalized spacial score (nSPS) is 18.9. The van der Waals surface area contributed by atoms with Crippen LogP contribution >= 0.6 is 31.9 Å². The highest BCUT2D eigenvalue weighted by molar-refractivity contribution is 9.10. The molecule has 0 amide bonds. The lowest BCUT2D eigenvalue weighted by Gasteiger charge is -2.38. The largest absolute Gasteiger partial charge is 0.504 e. The number of halogens is 2. The van der Waals surface area contributed by atoms with Gasteiger partial charge in [0.15, 0.2) is 11.5 Å². The van der Waals surface area contributed by atoms with Crippen molar-refractivity contribution in [2.24, 2.45) is 0 Å². The summed E-state index contributed by atoms with van der Waals surface area (Å²) in [5.41, 5.74) is 1.96. The molecule has 2 atom stereocenters. The number of aliphatic hydroxyl groups excluding tert-OH is 2. The number of fused-ring (bicyclic) bond motifs is 3. The molecule has 0 saturated carbocycles. The summed E-state index contributed by atoms with van der Waals surface area (Å²) in [6, 6.07) is 14.0. The van der Waals surface area contributed by atoms with Gasteiger partial charge < -0.3 is 29.9 Å². The topological polar surface area (TPSA) is 134 Å². The fourth-order valence-electron chi connectivity index (χ4n) is 5.45. The van der Waals surface area contributed by atoms with Gasteiger partial charge in [0.05, 0.1) is 25.2 Å². The third-order valence-electron chi connectivity index (χ3n) is 7.15. The van der Waals surface area contributed by atoms with Gasteiger partial charge in [0, 0.05) is 8.95 Å². The van der Waals surface area contributed by atoms with Gasteiger partial charge in [0.1, 0.15) is 17.8 Å². The number of carbonyl (C=O) groups excluding carboxylic acids is 2. The molecule has 3 aromatic carbocycles. The number of hydrogen-bond acceptors (Lipinski definition) is 8. The summed E-state index contributed by atoms with van der Waals surface area (Å²) in [5, 5.41) is 42.9. The van der Waals surface area contributed by atoms with Gasteiger partial charge in [-0.25, -0.2) is 9.59 Å². The lowest BCUT2D eigenvalue weighted by molar-refractivity contribution is -0.138. The predicted octanol–water partition coefficient (Wildman–Crippen LogP) is 4.49. The highest BCUT2D eigenvalue weighted by Gasteiger charge is 2.50. The standard InChI is InChI=1S/C29H22Br2O8/c1-38-27(36)19-7-13(9-23(32)25(19)34)29(14-8-20(28(37)39-2)26(35)24(33)10-14)21-11-15(30)3-5-17(21)18-6-4-16(31)12-22(18)29/h3-12,23,25,32-35H,1-2H3. The second-order valence-electron chi connectivity index (χ2n) is 9.16. The van der Waals surface area contributed by atoms with Crippen molar-refractivity contribution in [1.29, 1.82) is 0 Å². The van der Waals surface area contributed by atoms with Crippen LogP contribution in [-0.4, -0.2) is 58.8 Å². The number of aliphatic hydroxyl groups is 2. The smallest absolute Gasteiger partial charge is 0.341 e. The number of hydrogen-bond donors (Lipinski definition) is 4. The molecule has 3 aromatic rings. The first-order valence-electron chi connectivity index (χ1n) is 11.7. The van der Waals surface area contributed by atoms with Crippen LogP contribution in [0.3, 0.4) is 0 Å². The minimum Gasteiger partial charge on any atom is -0.504 e. The number of phenolic OH excluding ortho intramolecular Hbond substituents is 2. The zero-order valence-corrected chi connectivity index (χ0v) is 23.8. The van der Waals surface area contributed by atoms with E-state index in [0.717, 1.165) is 27.2 Å². The lowest BCUT2D eigenvalue weighted by Crippen LogP contribution is -2.38. The molecule has 10 heteroatoms. The molecule has 39 heavy (non-hydrogen) atoms. The van der Waals surface area contributed by atoms with Crippen LogP contribution in [0.5, 0.6) is 11.5 Å². The molecule has 2 aliphatic rings. The van der Waals surface area contributed by atoms with Crippen LogP contribution in [0, 0.1) is 0 Å². The van der Waals surface area contributed by atoms with E-state index in [2.05, 4.69) is 31.9 Å². The Balaban J connectivity index is 1.98. The molecule has 0 aliphatic heterocycles. The molecule has 4 N–H and O–H groups in total. The van der Waals surface area contributed by atoms with Gasteiger partial charge in [0.25, 0.3) is 0 Å². The number of allylic oxidation sites excluding steroid dienone is 2. The van der Waals surface area contributed by atoms with Crippen molar-refractivity contribution in [3.8, 4) is 22.6 Å². The molecule has 5 rings (SSSR count). The van der Waals surface area contributed by atoms with Crippen LogP contribution in [0.25, 0.3) is 11.1 Å². The molecule has 0 bridgehead atoms. The minimum absolute atomic E-state index is 0.168. The van der Waals surface area contributed by atoms with Gasteiger partial charge in [0.2, 0.25) is 0 Å². The highest BCUT2D eigenvalue weighted by Crippen LogP contribution is 2.59. The molecule has 8 nitrogen and oxygen atoms in total. The van der Waals surface area contributed by atoms with Gasteiger partial charge in [-0.15, -0.1) is 0 Å². The lowest BCUT2D eigenvalue weighted by atomic mass is 9.65. The molecule has 0 radical (unpaired) electrons. The molecule has 0 aromatic heterocycles. The van der Waals surface area contributed by atoms with Crippen molar-refractivity contribution in [2.45, 2.75) is 17.6 Å². The van der Waals surface area contributed by atoms with Gasteiger partial charge in [-0.3, -0.25) is 0 Å². The molecule has 2 aliphatic carbocycles. The number of ether oxygens (including phenoxy) is 2. The molecule has 200 valence electrons. The first kappa shape index (κ1) is 27.1. The average molecular weight is 658 g/mol.